The first-order valence-corrected chi connectivity index (χ1v) is 6.66. The summed E-state index contributed by atoms with van der Waals surface area (Å²) in [7, 11) is 1.56. The molecule has 1 amide bonds. The number of rotatable bonds is 3. The Morgan fingerprint density at radius 1 is 1.47 bits per heavy atom. The van der Waals surface area contributed by atoms with Crippen molar-refractivity contribution >= 4 is 11.6 Å². The summed E-state index contributed by atoms with van der Waals surface area (Å²) in [6, 6.07) is 5.36. The Bertz CT molecular complexity index is 483. The van der Waals surface area contributed by atoms with Crippen molar-refractivity contribution in [1.29, 1.82) is 0 Å². The van der Waals surface area contributed by atoms with Crippen LogP contribution >= 0.6 is 0 Å². The molecule has 0 spiro atoms. The van der Waals surface area contributed by atoms with Gasteiger partial charge in [-0.05, 0) is 42.9 Å². The highest BCUT2D eigenvalue weighted by Crippen LogP contribution is 2.37. The molecule has 1 aromatic carbocycles. The molecule has 1 fully saturated rings. The molecule has 1 aromatic rings. The number of methoxy groups -OCH3 is 1. The fraction of sp³-hybridized carbons (Fsp3) is 0.533. The molecule has 0 saturated heterocycles. The molecule has 3 N–H and O–H groups in total. The van der Waals surface area contributed by atoms with E-state index in [1.807, 2.05) is 0 Å². The number of benzene rings is 1. The maximum Gasteiger partial charge on any atom is 0.255 e. The van der Waals surface area contributed by atoms with Gasteiger partial charge in [0, 0.05) is 11.7 Å². The summed E-state index contributed by atoms with van der Waals surface area (Å²) in [5.74, 6) is 0.454. The topological polar surface area (TPSA) is 64.3 Å². The van der Waals surface area contributed by atoms with Crippen LogP contribution in [0.1, 0.15) is 43.5 Å². The number of nitrogen functional groups attached to an aromatic ring is 1. The summed E-state index contributed by atoms with van der Waals surface area (Å²) in [4.78, 5) is 12.3. The first kappa shape index (κ1) is 13.7. The Balaban J connectivity index is 2.10. The molecule has 1 saturated carbocycles. The monoisotopic (exact) mass is 262 g/mol. The molecule has 0 heterocycles. The van der Waals surface area contributed by atoms with E-state index in [4.69, 9.17) is 10.5 Å². The zero-order chi connectivity index (χ0) is 14.0. The number of nitrogens with one attached hydrogen (secondary N) is 1. The molecule has 4 heteroatoms. The highest BCUT2D eigenvalue weighted by molar-refractivity contribution is 5.98. The summed E-state index contributed by atoms with van der Waals surface area (Å²) in [5, 5.41) is 3.08. The summed E-state index contributed by atoms with van der Waals surface area (Å²) in [5.41, 5.74) is 7.13. The number of amides is 1. The van der Waals surface area contributed by atoms with E-state index in [0.29, 0.717) is 22.4 Å². The predicted molar refractivity (Wildman–Crippen MR) is 76.3 cm³/mol. The van der Waals surface area contributed by atoms with E-state index in [2.05, 4.69) is 19.2 Å². The van der Waals surface area contributed by atoms with Gasteiger partial charge < -0.3 is 15.8 Å². The van der Waals surface area contributed by atoms with Crippen molar-refractivity contribution in [2.24, 2.45) is 5.41 Å². The van der Waals surface area contributed by atoms with Gasteiger partial charge in [0.25, 0.3) is 5.91 Å². The largest absolute Gasteiger partial charge is 0.496 e. The van der Waals surface area contributed by atoms with Crippen molar-refractivity contribution in [2.45, 2.75) is 39.2 Å². The van der Waals surface area contributed by atoms with Crippen molar-refractivity contribution in [2.75, 3.05) is 12.8 Å². The lowest BCUT2D eigenvalue weighted by molar-refractivity contribution is 0.0933. The van der Waals surface area contributed by atoms with Crippen molar-refractivity contribution in [3.05, 3.63) is 23.8 Å². The number of hydrogen-bond donors (Lipinski definition) is 2. The molecule has 0 aliphatic heterocycles. The minimum absolute atomic E-state index is 0.105. The summed E-state index contributed by atoms with van der Waals surface area (Å²) < 4.78 is 5.21. The zero-order valence-corrected chi connectivity index (χ0v) is 11.8. The van der Waals surface area contributed by atoms with Gasteiger partial charge in [0.1, 0.15) is 5.75 Å². The summed E-state index contributed by atoms with van der Waals surface area (Å²) in [6.07, 6.45) is 3.19. The molecule has 2 rings (SSSR count). The van der Waals surface area contributed by atoms with Crippen LogP contribution in [0.4, 0.5) is 5.69 Å². The molecular weight excluding hydrogens is 240 g/mol. The SMILES string of the molecule is COc1ccc(N)cc1C(=O)NC1CCC(C)(C)C1. The van der Waals surface area contributed by atoms with Crippen LogP contribution < -0.4 is 15.8 Å². The van der Waals surface area contributed by atoms with Crippen molar-refractivity contribution in [1.82, 2.24) is 5.32 Å². The van der Waals surface area contributed by atoms with E-state index in [1.165, 1.54) is 0 Å². The standard InChI is InChI=1S/C15H22N2O2/c1-15(2)7-6-11(9-15)17-14(18)12-8-10(16)4-5-13(12)19-3/h4-5,8,11H,6-7,9,16H2,1-3H3,(H,17,18). The zero-order valence-electron chi connectivity index (χ0n) is 11.8. The van der Waals surface area contributed by atoms with Crippen LogP contribution in [0.5, 0.6) is 5.75 Å². The van der Waals surface area contributed by atoms with Crippen molar-refractivity contribution in [3.8, 4) is 5.75 Å². The Hall–Kier alpha value is -1.71. The Labute approximate surface area is 114 Å². The van der Waals surface area contributed by atoms with Gasteiger partial charge in [-0.25, -0.2) is 0 Å². The maximum atomic E-state index is 12.3. The first-order chi connectivity index (χ1) is 8.91. The van der Waals surface area contributed by atoms with Crippen LogP contribution in [0.3, 0.4) is 0 Å². The molecule has 1 aliphatic carbocycles. The van der Waals surface area contributed by atoms with Crippen molar-refractivity contribution < 1.29 is 9.53 Å². The molecule has 1 unspecified atom stereocenters. The Kier molecular flexibility index (Phi) is 3.69. The summed E-state index contributed by atoms with van der Waals surface area (Å²) in [6.45, 7) is 4.47. The second-order valence-corrected chi connectivity index (χ2v) is 6.04. The molecule has 0 aromatic heterocycles. The van der Waals surface area contributed by atoms with E-state index in [9.17, 15) is 4.79 Å². The van der Waals surface area contributed by atoms with Crippen LogP contribution in [0, 0.1) is 5.41 Å². The molecular formula is C15H22N2O2. The lowest BCUT2D eigenvalue weighted by Gasteiger charge is -2.18. The minimum Gasteiger partial charge on any atom is -0.496 e. The smallest absolute Gasteiger partial charge is 0.255 e. The first-order valence-electron chi connectivity index (χ1n) is 6.66. The van der Waals surface area contributed by atoms with Gasteiger partial charge >= 0.3 is 0 Å². The van der Waals surface area contributed by atoms with E-state index in [1.54, 1.807) is 25.3 Å². The second-order valence-electron chi connectivity index (χ2n) is 6.04. The number of hydrogen-bond acceptors (Lipinski definition) is 3. The molecule has 1 aliphatic rings. The van der Waals surface area contributed by atoms with Gasteiger partial charge in [-0.2, -0.15) is 0 Å². The van der Waals surface area contributed by atoms with Gasteiger partial charge in [0.05, 0.1) is 12.7 Å². The Morgan fingerprint density at radius 2 is 2.21 bits per heavy atom. The highest BCUT2D eigenvalue weighted by Gasteiger charge is 2.32. The molecule has 19 heavy (non-hydrogen) atoms. The average molecular weight is 262 g/mol. The van der Waals surface area contributed by atoms with Crippen LogP contribution in [-0.4, -0.2) is 19.1 Å². The molecule has 0 bridgehead atoms. The van der Waals surface area contributed by atoms with E-state index in [-0.39, 0.29) is 11.9 Å². The van der Waals surface area contributed by atoms with Gasteiger partial charge in [-0.3, -0.25) is 4.79 Å². The maximum absolute atomic E-state index is 12.3. The number of carbonyl (C=O) groups excluding carboxylic acids is 1. The normalized spacial score (nSPS) is 21.1. The fourth-order valence-electron chi connectivity index (χ4n) is 2.73. The minimum atomic E-state index is -0.105. The second kappa shape index (κ2) is 5.11. The van der Waals surface area contributed by atoms with Crippen LogP contribution in [-0.2, 0) is 0 Å². The molecule has 1 atom stereocenters. The van der Waals surface area contributed by atoms with Crippen LogP contribution in [0.25, 0.3) is 0 Å². The summed E-state index contributed by atoms with van der Waals surface area (Å²) >= 11 is 0. The van der Waals surface area contributed by atoms with Crippen molar-refractivity contribution in [3.63, 3.8) is 0 Å². The van der Waals surface area contributed by atoms with E-state index < -0.39 is 0 Å². The van der Waals surface area contributed by atoms with E-state index in [0.717, 1.165) is 19.3 Å². The number of nitrogens with two attached hydrogens (primary N) is 1. The Morgan fingerprint density at radius 3 is 2.79 bits per heavy atom. The van der Waals surface area contributed by atoms with Gasteiger partial charge in [-0.1, -0.05) is 13.8 Å². The highest BCUT2D eigenvalue weighted by atomic mass is 16.5. The van der Waals surface area contributed by atoms with Gasteiger partial charge in [0.15, 0.2) is 0 Å². The average Bonchev–Trinajstić information content (AvgIpc) is 2.68. The quantitative estimate of drug-likeness (QED) is 0.823. The van der Waals surface area contributed by atoms with Crippen LogP contribution in [0.15, 0.2) is 18.2 Å². The van der Waals surface area contributed by atoms with E-state index >= 15 is 0 Å². The fourth-order valence-corrected chi connectivity index (χ4v) is 2.73. The third kappa shape index (κ3) is 3.19. The number of ether oxygens (including phenoxy) is 1. The lowest BCUT2D eigenvalue weighted by Crippen LogP contribution is -2.33. The van der Waals surface area contributed by atoms with Gasteiger partial charge in [-0.15, -0.1) is 0 Å². The third-order valence-electron chi connectivity index (χ3n) is 3.77. The molecule has 104 valence electrons. The third-order valence-corrected chi connectivity index (χ3v) is 3.77. The van der Waals surface area contributed by atoms with Crippen LogP contribution in [0.2, 0.25) is 0 Å². The molecule has 4 nitrogen and oxygen atoms in total. The van der Waals surface area contributed by atoms with Gasteiger partial charge in [0.2, 0.25) is 0 Å². The number of anilines is 1. The number of carbonyl (C=O) groups is 1. The lowest BCUT2D eigenvalue weighted by atomic mass is 9.92. The predicted octanol–water partition coefficient (Wildman–Crippen LogP) is 2.59. The molecule has 0 radical (unpaired) electrons.